The summed E-state index contributed by atoms with van der Waals surface area (Å²) in [6.45, 7) is 3.53. The highest BCUT2D eigenvalue weighted by Crippen LogP contribution is 1.99. The molecule has 1 aliphatic heterocycles. The number of carbonyl (C=O) groups is 1. The van der Waals surface area contributed by atoms with Gasteiger partial charge in [-0.05, 0) is 6.92 Å². The molecule has 0 radical (unpaired) electrons. The first-order chi connectivity index (χ1) is 5.33. The zero-order valence-corrected chi connectivity index (χ0v) is 6.42. The lowest BCUT2D eigenvalue weighted by molar-refractivity contribution is -0.137. The van der Waals surface area contributed by atoms with E-state index in [1.165, 1.54) is 6.08 Å². The third-order valence-electron chi connectivity index (χ3n) is 1.19. The second-order valence-corrected chi connectivity index (χ2v) is 2.04. The summed E-state index contributed by atoms with van der Waals surface area (Å²) in [6, 6.07) is 0. The normalized spacial score (nSPS) is 19.2. The number of hydrogen-bond acceptors (Lipinski definition) is 4. The maximum atomic E-state index is 10.8. The molecule has 0 bridgehead atoms. The van der Waals surface area contributed by atoms with Crippen LogP contribution in [0.5, 0.6) is 0 Å². The summed E-state index contributed by atoms with van der Waals surface area (Å²) in [4.78, 5) is 10.8. The van der Waals surface area contributed by atoms with Gasteiger partial charge in [-0.25, -0.2) is 4.79 Å². The largest absolute Gasteiger partial charge is 0.477 e. The van der Waals surface area contributed by atoms with E-state index in [2.05, 4.69) is 10.1 Å². The maximum Gasteiger partial charge on any atom is 0.336 e. The van der Waals surface area contributed by atoms with Crippen molar-refractivity contribution < 1.29 is 14.3 Å². The molecule has 1 aliphatic rings. The van der Waals surface area contributed by atoms with Gasteiger partial charge in [0.2, 0.25) is 0 Å². The standard InChI is InChI=1S/C7H11NO3/c1-2-10-7(9)5-6-8-3-4-11-6/h5,8H,2-4H2,1H3/b6-5+. The summed E-state index contributed by atoms with van der Waals surface area (Å²) in [5.74, 6) is 0.139. The van der Waals surface area contributed by atoms with Crippen LogP contribution in [0.3, 0.4) is 0 Å². The molecule has 1 saturated heterocycles. The molecule has 0 aromatic carbocycles. The molecule has 1 rings (SSSR count). The predicted molar refractivity (Wildman–Crippen MR) is 38.7 cm³/mol. The first kappa shape index (κ1) is 7.91. The Bertz CT molecular complexity index is 169. The van der Waals surface area contributed by atoms with Crippen molar-refractivity contribution in [2.24, 2.45) is 0 Å². The Labute approximate surface area is 65.2 Å². The Balaban J connectivity index is 2.36. The molecule has 1 N–H and O–H groups in total. The lowest BCUT2D eigenvalue weighted by Gasteiger charge is -1.98. The van der Waals surface area contributed by atoms with Gasteiger partial charge < -0.3 is 14.8 Å². The number of esters is 1. The zero-order chi connectivity index (χ0) is 8.10. The van der Waals surface area contributed by atoms with Gasteiger partial charge in [0.05, 0.1) is 19.2 Å². The van der Waals surface area contributed by atoms with Crippen molar-refractivity contribution >= 4 is 5.97 Å². The van der Waals surface area contributed by atoms with Crippen LogP contribution < -0.4 is 5.32 Å². The van der Waals surface area contributed by atoms with Crippen LogP contribution >= 0.6 is 0 Å². The monoisotopic (exact) mass is 157 g/mol. The highest BCUT2D eigenvalue weighted by molar-refractivity contribution is 5.82. The van der Waals surface area contributed by atoms with E-state index < -0.39 is 0 Å². The highest BCUT2D eigenvalue weighted by atomic mass is 16.5. The Morgan fingerprint density at radius 3 is 3.27 bits per heavy atom. The summed E-state index contributed by atoms with van der Waals surface area (Å²) >= 11 is 0. The topological polar surface area (TPSA) is 47.6 Å². The van der Waals surface area contributed by atoms with E-state index in [9.17, 15) is 4.79 Å². The quantitative estimate of drug-likeness (QED) is 0.453. The maximum absolute atomic E-state index is 10.8. The van der Waals surface area contributed by atoms with Gasteiger partial charge >= 0.3 is 5.97 Å². The average molecular weight is 157 g/mol. The number of carbonyl (C=O) groups excluding carboxylic acids is 1. The third kappa shape index (κ3) is 2.49. The fourth-order valence-corrected chi connectivity index (χ4v) is 0.770. The summed E-state index contributed by atoms with van der Waals surface area (Å²) in [7, 11) is 0. The van der Waals surface area contributed by atoms with Gasteiger partial charge in [0.25, 0.3) is 0 Å². The molecule has 0 unspecified atom stereocenters. The van der Waals surface area contributed by atoms with Gasteiger partial charge in [0.15, 0.2) is 5.88 Å². The molecule has 0 aromatic rings. The van der Waals surface area contributed by atoms with E-state index in [1.807, 2.05) is 0 Å². The van der Waals surface area contributed by atoms with Crippen molar-refractivity contribution in [3.05, 3.63) is 12.0 Å². The molecule has 1 fully saturated rings. The van der Waals surface area contributed by atoms with Crippen LogP contribution in [0, 0.1) is 0 Å². The van der Waals surface area contributed by atoms with Gasteiger partial charge in [-0.15, -0.1) is 0 Å². The first-order valence-corrected chi connectivity index (χ1v) is 3.58. The van der Waals surface area contributed by atoms with Crippen molar-refractivity contribution in [2.45, 2.75) is 6.92 Å². The highest BCUT2D eigenvalue weighted by Gasteiger charge is 2.08. The molecular formula is C7H11NO3. The summed E-state index contributed by atoms with van der Waals surface area (Å²) in [6.07, 6.45) is 1.32. The van der Waals surface area contributed by atoms with E-state index >= 15 is 0 Å². The number of nitrogens with one attached hydrogen (secondary N) is 1. The van der Waals surface area contributed by atoms with E-state index in [0.29, 0.717) is 19.1 Å². The van der Waals surface area contributed by atoms with Crippen molar-refractivity contribution in [3.63, 3.8) is 0 Å². The van der Waals surface area contributed by atoms with Gasteiger partial charge in [0.1, 0.15) is 6.61 Å². The van der Waals surface area contributed by atoms with Crippen LogP contribution in [0.15, 0.2) is 12.0 Å². The Morgan fingerprint density at radius 1 is 1.91 bits per heavy atom. The molecule has 0 aromatic heterocycles. The molecule has 4 nitrogen and oxygen atoms in total. The first-order valence-electron chi connectivity index (χ1n) is 3.58. The third-order valence-corrected chi connectivity index (χ3v) is 1.19. The second kappa shape index (κ2) is 3.85. The van der Waals surface area contributed by atoms with E-state index in [0.717, 1.165) is 6.54 Å². The number of hydrogen-bond donors (Lipinski definition) is 1. The minimum atomic E-state index is -0.364. The van der Waals surface area contributed by atoms with Crippen molar-refractivity contribution in [2.75, 3.05) is 19.8 Å². The van der Waals surface area contributed by atoms with Gasteiger partial charge in [-0.1, -0.05) is 0 Å². The van der Waals surface area contributed by atoms with Gasteiger partial charge in [-0.3, -0.25) is 0 Å². The minimum Gasteiger partial charge on any atom is -0.477 e. The lowest BCUT2D eigenvalue weighted by atomic mass is 10.6. The second-order valence-electron chi connectivity index (χ2n) is 2.04. The van der Waals surface area contributed by atoms with Crippen LogP contribution in [0.4, 0.5) is 0 Å². The van der Waals surface area contributed by atoms with E-state index in [-0.39, 0.29) is 5.97 Å². The zero-order valence-electron chi connectivity index (χ0n) is 6.42. The molecule has 0 saturated carbocycles. The Morgan fingerprint density at radius 2 is 2.73 bits per heavy atom. The summed E-state index contributed by atoms with van der Waals surface area (Å²) in [5.41, 5.74) is 0. The van der Waals surface area contributed by atoms with Crippen LogP contribution in [-0.4, -0.2) is 25.7 Å². The molecule has 1 heterocycles. The molecule has 0 aliphatic carbocycles. The Hall–Kier alpha value is -1.19. The SMILES string of the molecule is CCOC(=O)/C=C1\NCCO1. The Kier molecular flexibility index (Phi) is 2.77. The molecule has 0 amide bonds. The van der Waals surface area contributed by atoms with Crippen molar-refractivity contribution in [1.29, 1.82) is 0 Å². The van der Waals surface area contributed by atoms with Crippen LogP contribution in [0.1, 0.15) is 6.92 Å². The van der Waals surface area contributed by atoms with Crippen molar-refractivity contribution in [3.8, 4) is 0 Å². The van der Waals surface area contributed by atoms with E-state index in [1.54, 1.807) is 6.92 Å². The van der Waals surface area contributed by atoms with Gasteiger partial charge in [-0.2, -0.15) is 0 Å². The smallest absolute Gasteiger partial charge is 0.336 e. The number of rotatable bonds is 2. The average Bonchev–Trinajstić information content (AvgIpc) is 2.40. The van der Waals surface area contributed by atoms with Crippen LogP contribution in [0.2, 0.25) is 0 Å². The van der Waals surface area contributed by atoms with E-state index in [4.69, 9.17) is 4.74 Å². The van der Waals surface area contributed by atoms with Gasteiger partial charge in [0, 0.05) is 0 Å². The molecular weight excluding hydrogens is 146 g/mol. The molecule has 62 valence electrons. The molecule has 4 heteroatoms. The fourth-order valence-electron chi connectivity index (χ4n) is 0.770. The van der Waals surface area contributed by atoms with Crippen LogP contribution in [-0.2, 0) is 14.3 Å². The lowest BCUT2D eigenvalue weighted by Crippen LogP contribution is -2.08. The molecule has 0 spiro atoms. The molecule has 11 heavy (non-hydrogen) atoms. The number of ether oxygens (including phenoxy) is 2. The van der Waals surface area contributed by atoms with Crippen molar-refractivity contribution in [1.82, 2.24) is 5.32 Å². The fraction of sp³-hybridized carbons (Fsp3) is 0.571. The predicted octanol–water partition coefficient (Wildman–Crippen LogP) is 0.0107. The minimum absolute atomic E-state index is 0.364. The van der Waals surface area contributed by atoms with Crippen LogP contribution in [0.25, 0.3) is 0 Å². The summed E-state index contributed by atoms with van der Waals surface area (Å²) < 4.78 is 9.69. The summed E-state index contributed by atoms with van der Waals surface area (Å²) in [5, 5.41) is 2.88. The molecule has 0 atom stereocenters.